The zero-order chi connectivity index (χ0) is 14.2. The lowest BCUT2D eigenvalue weighted by Gasteiger charge is -2.15. The number of nitrogens with one attached hydrogen (secondary N) is 1. The van der Waals surface area contributed by atoms with Crippen LogP contribution in [0, 0.1) is 13.8 Å². The largest absolute Gasteiger partial charge is 0.394 e. The Labute approximate surface area is 113 Å². The average molecular weight is 263 g/mol. The number of aromatic nitrogens is 3. The molecule has 0 aliphatic rings. The molecule has 1 atom stereocenters. The van der Waals surface area contributed by atoms with Crippen LogP contribution in [-0.4, -0.2) is 14.9 Å². The van der Waals surface area contributed by atoms with Gasteiger partial charge in [-0.1, -0.05) is 12.1 Å². The van der Waals surface area contributed by atoms with Crippen LogP contribution in [-0.2, 0) is 13.5 Å². The number of nitrogens with zero attached hydrogens (tertiary/aromatic N) is 3. The summed E-state index contributed by atoms with van der Waals surface area (Å²) in [6, 6.07) is 0.0636. The molecule has 0 saturated heterocycles. The van der Waals surface area contributed by atoms with Crippen LogP contribution in [0.5, 0.6) is 0 Å². The van der Waals surface area contributed by atoms with Crippen LogP contribution < -0.4 is 11.1 Å². The second kappa shape index (κ2) is 4.95. The number of rotatable bonds is 4. The van der Waals surface area contributed by atoms with Gasteiger partial charge in [-0.15, -0.1) is 0 Å². The first-order chi connectivity index (χ1) is 8.95. The number of nitrogens with two attached hydrogens (primary N) is 1. The summed E-state index contributed by atoms with van der Waals surface area (Å²) in [6.45, 7) is 7.95. The highest BCUT2D eigenvalue weighted by atomic mass is 16.5. The van der Waals surface area contributed by atoms with Gasteiger partial charge in [0, 0.05) is 12.6 Å². The first kappa shape index (κ1) is 13.5. The van der Waals surface area contributed by atoms with Crippen LogP contribution >= 0.6 is 0 Å². The molecule has 6 heteroatoms. The van der Waals surface area contributed by atoms with E-state index < -0.39 is 0 Å². The van der Waals surface area contributed by atoms with Gasteiger partial charge in [-0.2, -0.15) is 5.10 Å². The molecule has 0 aliphatic carbocycles. The van der Waals surface area contributed by atoms with Crippen LogP contribution in [0.1, 0.15) is 42.6 Å². The van der Waals surface area contributed by atoms with E-state index in [2.05, 4.69) is 22.5 Å². The molecule has 3 N–H and O–H groups in total. The van der Waals surface area contributed by atoms with Crippen LogP contribution in [0.15, 0.2) is 4.52 Å². The van der Waals surface area contributed by atoms with Crippen LogP contribution in [0.3, 0.4) is 0 Å². The van der Waals surface area contributed by atoms with E-state index in [1.165, 1.54) is 0 Å². The lowest BCUT2D eigenvalue weighted by atomic mass is 10.1. The number of anilines is 2. The molecule has 2 aromatic rings. The van der Waals surface area contributed by atoms with Crippen molar-refractivity contribution in [2.75, 3.05) is 11.1 Å². The number of hydrogen-bond donors (Lipinski definition) is 2. The van der Waals surface area contributed by atoms with Crippen molar-refractivity contribution in [2.45, 2.75) is 40.2 Å². The third kappa shape index (κ3) is 2.30. The second-order valence-electron chi connectivity index (χ2n) is 4.79. The zero-order valence-corrected chi connectivity index (χ0v) is 12.1. The first-order valence-corrected chi connectivity index (χ1v) is 6.46. The Morgan fingerprint density at radius 3 is 2.58 bits per heavy atom. The van der Waals surface area contributed by atoms with E-state index in [9.17, 15) is 0 Å². The van der Waals surface area contributed by atoms with Crippen molar-refractivity contribution < 1.29 is 4.52 Å². The number of aryl methyl sites for hydroxylation is 4. The Balaban J connectivity index is 2.29. The summed E-state index contributed by atoms with van der Waals surface area (Å²) >= 11 is 0. The molecule has 1 unspecified atom stereocenters. The Morgan fingerprint density at radius 1 is 1.42 bits per heavy atom. The van der Waals surface area contributed by atoms with Crippen LogP contribution in [0.25, 0.3) is 0 Å². The van der Waals surface area contributed by atoms with Gasteiger partial charge in [0.1, 0.15) is 11.6 Å². The Bertz CT molecular complexity index is 565. The van der Waals surface area contributed by atoms with Gasteiger partial charge < -0.3 is 15.6 Å². The summed E-state index contributed by atoms with van der Waals surface area (Å²) in [6.07, 6.45) is 0.820. The Hall–Kier alpha value is -1.98. The summed E-state index contributed by atoms with van der Waals surface area (Å²) in [7, 11) is 1.89. The summed E-state index contributed by atoms with van der Waals surface area (Å²) in [5, 5.41) is 11.8. The lowest BCUT2D eigenvalue weighted by Crippen LogP contribution is -2.12. The van der Waals surface area contributed by atoms with Gasteiger partial charge >= 0.3 is 0 Å². The van der Waals surface area contributed by atoms with Crippen LogP contribution in [0.4, 0.5) is 11.5 Å². The van der Waals surface area contributed by atoms with E-state index in [-0.39, 0.29) is 6.04 Å². The minimum Gasteiger partial charge on any atom is -0.394 e. The third-order valence-electron chi connectivity index (χ3n) is 3.37. The fourth-order valence-electron chi connectivity index (χ4n) is 2.41. The maximum atomic E-state index is 6.11. The van der Waals surface area contributed by atoms with Gasteiger partial charge in [-0.25, -0.2) is 0 Å². The maximum absolute atomic E-state index is 6.11. The minimum absolute atomic E-state index is 0.0636. The highest BCUT2D eigenvalue weighted by Gasteiger charge is 2.19. The monoisotopic (exact) mass is 263 g/mol. The van der Waals surface area contributed by atoms with E-state index in [4.69, 9.17) is 10.3 Å². The average Bonchev–Trinajstić information content (AvgIpc) is 2.83. The SMILES string of the molecule is CCc1nn(C)c(NC(C)c2c(C)noc2C)c1N. The molecule has 0 aromatic carbocycles. The molecule has 0 bridgehead atoms. The summed E-state index contributed by atoms with van der Waals surface area (Å²) in [5.74, 6) is 1.67. The molecule has 19 heavy (non-hydrogen) atoms. The molecule has 0 amide bonds. The smallest absolute Gasteiger partial charge is 0.148 e. The molecule has 0 fully saturated rings. The molecular formula is C13H21N5O. The topological polar surface area (TPSA) is 81.9 Å². The molecule has 2 heterocycles. The molecule has 0 radical (unpaired) electrons. The van der Waals surface area contributed by atoms with Gasteiger partial charge in [0.05, 0.1) is 23.1 Å². The van der Waals surface area contributed by atoms with Crippen molar-refractivity contribution in [2.24, 2.45) is 7.05 Å². The Morgan fingerprint density at radius 2 is 2.11 bits per heavy atom. The second-order valence-corrected chi connectivity index (χ2v) is 4.79. The van der Waals surface area contributed by atoms with Crippen molar-refractivity contribution in [3.63, 3.8) is 0 Å². The van der Waals surface area contributed by atoms with E-state index in [0.29, 0.717) is 5.69 Å². The zero-order valence-electron chi connectivity index (χ0n) is 12.1. The van der Waals surface area contributed by atoms with Crippen molar-refractivity contribution >= 4 is 11.5 Å². The van der Waals surface area contributed by atoms with Gasteiger partial charge in [-0.05, 0) is 27.2 Å². The first-order valence-electron chi connectivity index (χ1n) is 6.46. The molecule has 0 aliphatic heterocycles. The summed E-state index contributed by atoms with van der Waals surface area (Å²) in [5.41, 5.74) is 9.70. The molecule has 0 saturated carbocycles. The van der Waals surface area contributed by atoms with Crippen molar-refractivity contribution in [1.29, 1.82) is 0 Å². The molecule has 0 spiro atoms. The standard InChI is InChI=1S/C13H21N5O/c1-6-10-12(14)13(18(5)16-10)15-7(2)11-8(3)17-19-9(11)4/h7,15H,6,14H2,1-5H3. The predicted octanol–water partition coefficient (Wildman–Crippen LogP) is 2.34. The maximum Gasteiger partial charge on any atom is 0.148 e. The molecule has 104 valence electrons. The molecule has 2 aromatic heterocycles. The van der Waals surface area contributed by atoms with Crippen molar-refractivity contribution in [3.05, 3.63) is 22.7 Å². The van der Waals surface area contributed by atoms with E-state index in [1.807, 2.05) is 27.8 Å². The lowest BCUT2D eigenvalue weighted by molar-refractivity contribution is 0.392. The van der Waals surface area contributed by atoms with Crippen molar-refractivity contribution in [1.82, 2.24) is 14.9 Å². The quantitative estimate of drug-likeness (QED) is 0.884. The van der Waals surface area contributed by atoms with E-state index in [0.717, 1.165) is 35.0 Å². The third-order valence-corrected chi connectivity index (χ3v) is 3.37. The van der Waals surface area contributed by atoms with Gasteiger partial charge in [0.2, 0.25) is 0 Å². The van der Waals surface area contributed by atoms with Crippen molar-refractivity contribution in [3.8, 4) is 0 Å². The fourth-order valence-corrected chi connectivity index (χ4v) is 2.41. The fraction of sp³-hybridized carbons (Fsp3) is 0.538. The molecule has 6 nitrogen and oxygen atoms in total. The van der Waals surface area contributed by atoms with E-state index >= 15 is 0 Å². The highest BCUT2D eigenvalue weighted by molar-refractivity contribution is 5.65. The Kier molecular flexibility index (Phi) is 3.50. The highest BCUT2D eigenvalue weighted by Crippen LogP contribution is 2.29. The summed E-state index contributed by atoms with van der Waals surface area (Å²) in [4.78, 5) is 0. The number of hydrogen-bond acceptors (Lipinski definition) is 5. The normalized spacial score (nSPS) is 12.7. The van der Waals surface area contributed by atoms with Gasteiger partial charge in [0.25, 0.3) is 0 Å². The van der Waals surface area contributed by atoms with E-state index in [1.54, 1.807) is 4.68 Å². The number of nitrogen functional groups attached to an aromatic ring is 1. The van der Waals surface area contributed by atoms with Gasteiger partial charge in [0.15, 0.2) is 0 Å². The molecular weight excluding hydrogens is 242 g/mol. The van der Waals surface area contributed by atoms with Crippen LogP contribution in [0.2, 0.25) is 0 Å². The minimum atomic E-state index is 0.0636. The summed E-state index contributed by atoms with van der Waals surface area (Å²) < 4.78 is 6.98. The molecule has 2 rings (SSSR count). The predicted molar refractivity (Wildman–Crippen MR) is 75.0 cm³/mol. The van der Waals surface area contributed by atoms with Gasteiger partial charge in [-0.3, -0.25) is 4.68 Å².